The van der Waals surface area contributed by atoms with E-state index in [4.69, 9.17) is 9.40 Å². The topological polar surface area (TPSA) is 32.5 Å². The minimum Gasteiger partial charge on any atom is -0.456 e. The monoisotopic (exact) mass is 735 g/mol. The van der Waals surface area contributed by atoms with Gasteiger partial charge in [0.1, 0.15) is 16.2 Å². The number of rotatable bonds is 7. The van der Waals surface area contributed by atoms with Crippen LogP contribution in [0, 0.1) is 0 Å². The molecule has 0 radical (unpaired) electrons. The number of anilines is 6. The Morgan fingerprint density at radius 3 is 1.57 bits per heavy atom. The van der Waals surface area contributed by atoms with E-state index < -0.39 is 0 Å². The summed E-state index contributed by atoms with van der Waals surface area (Å²) >= 11 is 1.76. The summed E-state index contributed by atoms with van der Waals surface area (Å²) in [6, 6.07) is 70.7. The Hall–Kier alpha value is -7.21. The van der Waals surface area contributed by atoms with Crippen LogP contribution < -0.4 is 9.80 Å². The van der Waals surface area contributed by atoms with Gasteiger partial charge in [0.2, 0.25) is 0 Å². The Kier molecular flexibility index (Phi) is 7.64. The van der Waals surface area contributed by atoms with E-state index >= 15 is 0 Å². The van der Waals surface area contributed by atoms with Crippen LogP contribution in [0.15, 0.2) is 205 Å². The first-order valence-corrected chi connectivity index (χ1v) is 19.6. The Balaban J connectivity index is 1.06. The molecule has 56 heavy (non-hydrogen) atoms. The minimum atomic E-state index is 0.865. The third kappa shape index (κ3) is 5.40. The molecule has 0 bridgehead atoms. The SMILES string of the molecule is c1ccc(N(c2cccc(-c3nc4c5ccc(N(c6ccccc6)c6ccccc6)cc5c5ccccc5c4s3)c2)c2ccc3c(c2)oc2ccccc23)cc1. The van der Waals surface area contributed by atoms with Gasteiger partial charge in [-0.1, -0.05) is 115 Å². The van der Waals surface area contributed by atoms with Crippen LogP contribution in [0.4, 0.5) is 34.1 Å². The van der Waals surface area contributed by atoms with Crippen molar-refractivity contribution in [3.05, 3.63) is 200 Å². The number of hydrogen-bond acceptors (Lipinski definition) is 5. The fourth-order valence-corrected chi connectivity index (χ4v) is 9.20. The van der Waals surface area contributed by atoms with E-state index in [2.05, 4.69) is 198 Å². The molecule has 5 heteroatoms. The summed E-state index contributed by atoms with van der Waals surface area (Å²) in [5, 5.41) is 7.98. The summed E-state index contributed by atoms with van der Waals surface area (Å²) in [7, 11) is 0. The van der Waals surface area contributed by atoms with E-state index in [1.54, 1.807) is 11.3 Å². The van der Waals surface area contributed by atoms with Gasteiger partial charge in [-0.15, -0.1) is 11.3 Å². The second-order valence-electron chi connectivity index (χ2n) is 14.0. The normalized spacial score (nSPS) is 11.6. The number of thiazole rings is 1. The number of aromatic nitrogens is 1. The first kappa shape index (κ1) is 32.2. The number of fused-ring (bicyclic) bond motifs is 9. The summed E-state index contributed by atoms with van der Waals surface area (Å²) in [5.74, 6) is 0. The molecule has 2 aromatic heterocycles. The Labute approximate surface area is 327 Å². The van der Waals surface area contributed by atoms with Crippen molar-refractivity contribution < 1.29 is 4.42 Å². The molecule has 2 heterocycles. The predicted molar refractivity (Wildman–Crippen MR) is 237 cm³/mol. The van der Waals surface area contributed by atoms with Crippen molar-refractivity contribution in [3.63, 3.8) is 0 Å². The zero-order chi connectivity index (χ0) is 37.0. The largest absolute Gasteiger partial charge is 0.456 e. The van der Waals surface area contributed by atoms with Gasteiger partial charge in [-0.2, -0.15) is 0 Å². The number of benzene rings is 9. The molecule has 0 amide bonds. The van der Waals surface area contributed by atoms with Gasteiger partial charge in [0.15, 0.2) is 0 Å². The Morgan fingerprint density at radius 1 is 0.357 bits per heavy atom. The Morgan fingerprint density at radius 2 is 0.875 bits per heavy atom. The summed E-state index contributed by atoms with van der Waals surface area (Å²) in [5.41, 5.74) is 10.3. The molecule has 4 nitrogen and oxygen atoms in total. The van der Waals surface area contributed by atoms with Crippen molar-refractivity contribution in [1.82, 2.24) is 4.98 Å². The summed E-state index contributed by atoms with van der Waals surface area (Å²) < 4.78 is 7.53. The Bertz CT molecular complexity index is 3170. The van der Waals surface area contributed by atoms with Gasteiger partial charge in [0.05, 0.1) is 10.2 Å². The van der Waals surface area contributed by atoms with Crippen LogP contribution in [0.25, 0.3) is 64.3 Å². The molecule has 0 spiro atoms. The third-order valence-electron chi connectivity index (χ3n) is 10.6. The molecule has 264 valence electrons. The van der Waals surface area contributed by atoms with Gasteiger partial charge >= 0.3 is 0 Å². The highest BCUT2D eigenvalue weighted by molar-refractivity contribution is 7.22. The molecule has 0 saturated heterocycles. The fourth-order valence-electron chi connectivity index (χ4n) is 8.08. The van der Waals surface area contributed by atoms with E-state index in [-0.39, 0.29) is 0 Å². The summed E-state index contributed by atoms with van der Waals surface area (Å²) in [6.45, 7) is 0. The molecule has 0 unspecified atom stereocenters. The lowest BCUT2D eigenvalue weighted by Gasteiger charge is -2.26. The van der Waals surface area contributed by atoms with Crippen LogP contribution >= 0.6 is 11.3 Å². The lowest BCUT2D eigenvalue weighted by atomic mass is 9.99. The molecule has 9 aromatic carbocycles. The van der Waals surface area contributed by atoms with E-state index in [0.29, 0.717) is 0 Å². The summed E-state index contributed by atoms with van der Waals surface area (Å²) in [4.78, 5) is 10.0. The molecule has 0 fully saturated rings. The van der Waals surface area contributed by atoms with Crippen molar-refractivity contribution in [2.24, 2.45) is 0 Å². The first-order chi connectivity index (χ1) is 27.8. The molecule has 11 rings (SSSR count). The highest BCUT2D eigenvalue weighted by atomic mass is 32.1. The zero-order valence-electron chi connectivity index (χ0n) is 30.2. The van der Waals surface area contributed by atoms with Gasteiger partial charge in [-0.05, 0) is 89.6 Å². The zero-order valence-corrected chi connectivity index (χ0v) is 31.0. The molecule has 0 aliphatic rings. The average molecular weight is 736 g/mol. The van der Waals surface area contributed by atoms with E-state index in [1.807, 2.05) is 12.1 Å². The maximum atomic E-state index is 6.34. The van der Waals surface area contributed by atoms with Crippen molar-refractivity contribution in [3.8, 4) is 10.6 Å². The quantitative estimate of drug-likeness (QED) is 0.153. The van der Waals surface area contributed by atoms with Crippen LogP contribution in [0.1, 0.15) is 0 Å². The van der Waals surface area contributed by atoms with Gasteiger partial charge < -0.3 is 14.2 Å². The van der Waals surface area contributed by atoms with Crippen LogP contribution in [-0.2, 0) is 0 Å². The molecule has 0 aliphatic heterocycles. The highest BCUT2D eigenvalue weighted by Crippen LogP contribution is 2.45. The molecule has 0 aliphatic carbocycles. The second kappa shape index (κ2) is 13.3. The standard InChI is InChI=1S/C51H33N3OS/c1-4-16-35(17-5-1)53(36-18-6-2-7-19-36)39-28-30-44-46(32-39)41-23-10-11-25-45(41)50-49(44)52-51(56-50)34-15-14-22-38(31-34)54(37-20-8-3-9-21-37)40-27-29-43-42-24-12-13-26-47(42)55-48(43)33-40/h1-33H. The van der Waals surface area contributed by atoms with E-state index in [0.717, 1.165) is 77.5 Å². The molecular weight excluding hydrogens is 703 g/mol. The maximum absolute atomic E-state index is 6.34. The maximum Gasteiger partial charge on any atom is 0.137 e. The average Bonchev–Trinajstić information content (AvgIpc) is 3.88. The fraction of sp³-hybridized carbons (Fsp3) is 0. The number of hydrogen-bond donors (Lipinski definition) is 0. The minimum absolute atomic E-state index is 0.865. The van der Waals surface area contributed by atoms with Gasteiger partial charge in [0.25, 0.3) is 0 Å². The molecule has 11 aromatic rings. The third-order valence-corrected chi connectivity index (χ3v) is 11.8. The van der Waals surface area contributed by atoms with Crippen molar-refractivity contribution in [1.29, 1.82) is 0 Å². The van der Waals surface area contributed by atoms with Crippen molar-refractivity contribution in [2.45, 2.75) is 0 Å². The molecule has 0 N–H and O–H groups in total. The lowest BCUT2D eigenvalue weighted by molar-refractivity contribution is 0.669. The van der Waals surface area contributed by atoms with E-state index in [1.165, 1.54) is 20.9 Å². The first-order valence-electron chi connectivity index (χ1n) is 18.8. The van der Waals surface area contributed by atoms with Crippen LogP contribution in [0.2, 0.25) is 0 Å². The number of furan rings is 1. The van der Waals surface area contributed by atoms with Crippen molar-refractivity contribution in [2.75, 3.05) is 9.80 Å². The van der Waals surface area contributed by atoms with E-state index in [9.17, 15) is 0 Å². The molecule has 0 saturated carbocycles. The molecule has 0 atom stereocenters. The summed E-state index contributed by atoms with van der Waals surface area (Å²) in [6.07, 6.45) is 0. The smallest absolute Gasteiger partial charge is 0.137 e. The molecular formula is C51H33N3OS. The van der Waals surface area contributed by atoms with Gasteiger partial charge in [0, 0.05) is 67.3 Å². The van der Waals surface area contributed by atoms with Crippen LogP contribution in [0.5, 0.6) is 0 Å². The van der Waals surface area contributed by atoms with Crippen LogP contribution in [0.3, 0.4) is 0 Å². The highest BCUT2D eigenvalue weighted by Gasteiger charge is 2.20. The van der Waals surface area contributed by atoms with Gasteiger partial charge in [-0.3, -0.25) is 0 Å². The van der Waals surface area contributed by atoms with Gasteiger partial charge in [-0.25, -0.2) is 4.98 Å². The number of para-hydroxylation sites is 4. The van der Waals surface area contributed by atoms with Crippen molar-refractivity contribution >= 4 is 99.2 Å². The lowest BCUT2D eigenvalue weighted by Crippen LogP contribution is -2.09. The predicted octanol–water partition coefficient (Wildman–Crippen LogP) is 15.1. The van der Waals surface area contributed by atoms with Crippen LogP contribution in [-0.4, -0.2) is 4.98 Å². The number of nitrogens with zero attached hydrogens (tertiary/aromatic N) is 3. The second-order valence-corrected chi connectivity index (χ2v) is 15.0.